The second kappa shape index (κ2) is 6.50. The van der Waals surface area contributed by atoms with Gasteiger partial charge in [0.05, 0.1) is 25.3 Å². The van der Waals surface area contributed by atoms with Gasteiger partial charge in [-0.25, -0.2) is 4.98 Å². The van der Waals surface area contributed by atoms with Gasteiger partial charge in [-0.15, -0.1) is 0 Å². The third-order valence-corrected chi connectivity index (χ3v) is 3.92. The maximum absolute atomic E-state index is 12.3. The number of amides is 1. The number of carbonyl (C=O) groups is 1. The van der Waals surface area contributed by atoms with E-state index in [1.165, 1.54) is 0 Å². The first-order chi connectivity index (χ1) is 10.6. The molecule has 1 aromatic carbocycles. The van der Waals surface area contributed by atoms with Gasteiger partial charge in [0, 0.05) is 23.7 Å². The van der Waals surface area contributed by atoms with Gasteiger partial charge in [-0.05, 0) is 31.2 Å². The first kappa shape index (κ1) is 15.1. The largest absolute Gasteiger partial charge is 0.441 e. The molecule has 22 heavy (non-hydrogen) atoms. The molecule has 3 rings (SSSR count). The molecule has 0 unspecified atom stereocenters. The number of rotatable bonds is 3. The minimum Gasteiger partial charge on any atom is -0.441 e. The summed E-state index contributed by atoms with van der Waals surface area (Å²) in [5, 5.41) is 0.662. The Kier molecular flexibility index (Phi) is 4.45. The van der Waals surface area contributed by atoms with Crippen molar-refractivity contribution < 1.29 is 13.9 Å². The van der Waals surface area contributed by atoms with Crippen molar-refractivity contribution in [2.45, 2.75) is 13.3 Å². The van der Waals surface area contributed by atoms with E-state index in [1.54, 1.807) is 17.0 Å². The Balaban J connectivity index is 1.74. The third kappa shape index (κ3) is 3.31. The second-order valence-electron chi connectivity index (χ2n) is 5.20. The number of ether oxygens (including phenoxy) is 1. The smallest absolute Gasteiger partial charge is 0.228 e. The first-order valence-electron chi connectivity index (χ1n) is 7.21. The van der Waals surface area contributed by atoms with Crippen molar-refractivity contribution in [3.05, 3.63) is 40.7 Å². The van der Waals surface area contributed by atoms with E-state index in [1.807, 2.05) is 19.1 Å². The summed E-state index contributed by atoms with van der Waals surface area (Å²) in [5.41, 5.74) is 1.53. The third-order valence-electron chi connectivity index (χ3n) is 3.67. The molecule has 1 aliphatic heterocycles. The van der Waals surface area contributed by atoms with E-state index in [4.69, 9.17) is 20.8 Å². The van der Waals surface area contributed by atoms with Crippen LogP contribution in [0.2, 0.25) is 5.02 Å². The zero-order chi connectivity index (χ0) is 15.5. The fourth-order valence-electron chi connectivity index (χ4n) is 2.38. The minimum atomic E-state index is 0.0577. The zero-order valence-electron chi connectivity index (χ0n) is 12.3. The number of hydrogen-bond donors (Lipinski definition) is 0. The van der Waals surface area contributed by atoms with Crippen LogP contribution in [0.15, 0.2) is 28.7 Å². The van der Waals surface area contributed by atoms with Crippen molar-refractivity contribution in [1.82, 2.24) is 9.88 Å². The van der Waals surface area contributed by atoms with Gasteiger partial charge < -0.3 is 14.1 Å². The molecule has 0 bridgehead atoms. The SMILES string of the molecule is Cc1oc(-c2ccc(Cl)cc2)nc1CC(=O)N1CCOCC1. The fourth-order valence-corrected chi connectivity index (χ4v) is 2.50. The summed E-state index contributed by atoms with van der Waals surface area (Å²) >= 11 is 5.88. The molecule has 0 aliphatic carbocycles. The van der Waals surface area contributed by atoms with E-state index in [0.29, 0.717) is 48.7 Å². The lowest BCUT2D eigenvalue weighted by Gasteiger charge is -2.26. The summed E-state index contributed by atoms with van der Waals surface area (Å²) in [7, 11) is 0. The summed E-state index contributed by atoms with van der Waals surface area (Å²) < 4.78 is 10.9. The minimum absolute atomic E-state index is 0.0577. The number of oxazole rings is 1. The molecule has 2 heterocycles. The molecule has 0 spiro atoms. The van der Waals surface area contributed by atoms with Crippen molar-refractivity contribution in [2.24, 2.45) is 0 Å². The fraction of sp³-hybridized carbons (Fsp3) is 0.375. The summed E-state index contributed by atoms with van der Waals surface area (Å²) in [5.74, 6) is 1.24. The maximum Gasteiger partial charge on any atom is 0.228 e. The first-order valence-corrected chi connectivity index (χ1v) is 7.59. The quantitative estimate of drug-likeness (QED) is 0.872. The average molecular weight is 321 g/mol. The normalized spacial score (nSPS) is 15.1. The van der Waals surface area contributed by atoms with Crippen LogP contribution in [0.25, 0.3) is 11.5 Å². The Morgan fingerprint density at radius 2 is 1.95 bits per heavy atom. The van der Waals surface area contributed by atoms with Crippen molar-refractivity contribution in [3.63, 3.8) is 0 Å². The number of benzene rings is 1. The summed E-state index contributed by atoms with van der Waals surface area (Å²) in [6, 6.07) is 7.27. The number of aryl methyl sites for hydroxylation is 1. The van der Waals surface area contributed by atoms with Crippen LogP contribution in [-0.2, 0) is 16.0 Å². The molecule has 1 amide bonds. The van der Waals surface area contributed by atoms with Crippen LogP contribution in [-0.4, -0.2) is 42.1 Å². The molecular weight excluding hydrogens is 304 g/mol. The van der Waals surface area contributed by atoms with E-state index in [2.05, 4.69) is 4.98 Å². The molecule has 6 heteroatoms. The molecule has 0 atom stereocenters. The lowest BCUT2D eigenvalue weighted by molar-refractivity contribution is -0.134. The van der Waals surface area contributed by atoms with Crippen molar-refractivity contribution in [1.29, 1.82) is 0 Å². The highest BCUT2D eigenvalue weighted by Crippen LogP contribution is 2.23. The highest BCUT2D eigenvalue weighted by molar-refractivity contribution is 6.30. The predicted molar refractivity (Wildman–Crippen MR) is 82.8 cm³/mol. The van der Waals surface area contributed by atoms with Gasteiger partial charge in [0.1, 0.15) is 5.76 Å². The Morgan fingerprint density at radius 1 is 1.27 bits per heavy atom. The van der Waals surface area contributed by atoms with Gasteiger partial charge in [-0.3, -0.25) is 4.79 Å². The molecule has 0 saturated carbocycles. The molecular formula is C16H17ClN2O3. The number of nitrogens with zero attached hydrogens (tertiary/aromatic N) is 2. The maximum atomic E-state index is 12.3. The van der Waals surface area contributed by atoms with Gasteiger partial charge in [-0.2, -0.15) is 0 Å². The number of morpholine rings is 1. The van der Waals surface area contributed by atoms with Crippen molar-refractivity contribution in [3.8, 4) is 11.5 Å². The monoisotopic (exact) mass is 320 g/mol. The van der Waals surface area contributed by atoms with Gasteiger partial charge in [0.25, 0.3) is 0 Å². The van der Waals surface area contributed by atoms with Crippen molar-refractivity contribution >= 4 is 17.5 Å². The Bertz CT molecular complexity index is 661. The van der Waals surface area contributed by atoms with E-state index in [-0.39, 0.29) is 12.3 Å². The lowest BCUT2D eigenvalue weighted by atomic mass is 10.2. The van der Waals surface area contributed by atoms with Crippen LogP contribution in [0.5, 0.6) is 0 Å². The molecule has 1 fully saturated rings. The van der Waals surface area contributed by atoms with E-state index in [0.717, 1.165) is 5.56 Å². The standard InChI is InChI=1S/C16H17ClN2O3/c1-11-14(10-15(20)19-6-8-21-9-7-19)18-16(22-11)12-2-4-13(17)5-3-12/h2-5H,6-10H2,1H3. The average Bonchev–Trinajstić information content (AvgIpc) is 2.90. The molecule has 2 aromatic rings. The van der Waals surface area contributed by atoms with E-state index < -0.39 is 0 Å². The van der Waals surface area contributed by atoms with Crippen LogP contribution in [0.4, 0.5) is 0 Å². The molecule has 5 nitrogen and oxygen atoms in total. The van der Waals surface area contributed by atoms with Crippen LogP contribution in [0.3, 0.4) is 0 Å². The summed E-state index contributed by atoms with van der Waals surface area (Å²) in [6.45, 7) is 4.30. The topological polar surface area (TPSA) is 55.6 Å². The highest BCUT2D eigenvalue weighted by atomic mass is 35.5. The summed E-state index contributed by atoms with van der Waals surface area (Å²) in [4.78, 5) is 18.5. The van der Waals surface area contributed by atoms with E-state index in [9.17, 15) is 4.79 Å². The van der Waals surface area contributed by atoms with Crippen molar-refractivity contribution in [2.75, 3.05) is 26.3 Å². The number of carbonyl (C=O) groups excluding carboxylic acids is 1. The van der Waals surface area contributed by atoms with Crippen LogP contribution < -0.4 is 0 Å². The Hall–Kier alpha value is -1.85. The van der Waals surface area contributed by atoms with Gasteiger partial charge in [0.15, 0.2) is 0 Å². The number of halogens is 1. The van der Waals surface area contributed by atoms with Gasteiger partial charge >= 0.3 is 0 Å². The Morgan fingerprint density at radius 3 is 2.64 bits per heavy atom. The van der Waals surface area contributed by atoms with E-state index >= 15 is 0 Å². The predicted octanol–water partition coefficient (Wildman–Crippen LogP) is 2.70. The summed E-state index contributed by atoms with van der Waals surface area (Å²) in [6.07, 6.45) is 0.253. The molecule has 1 aromatic heterocycles. The molecule has 0 radical (unpaired) electrons. The molecule has 1 aliphatic rings. The highest BCUT2D eigenvalue weighted by Gasteiger charge is 2.20. The molecule has 1 saturated heterocycles. The molecule has 0 N–H and O–H groups in total. The van der Waals surface area contributed by atoms with Crippen LogP contribution in [0.1, 0.15) is 11.5 Å². The zero-order valence-corrected chi connectivity index (χ0v) is 13.1. The number of aromatic nitrogens is 1. The number of hydrogen-bond acceptors (Lipinski definition) is 4. The second-order valence-corrected chi connectivity index (χ2v) is 5.64. The van der Waals surface area contributed by atoms with Crippen LogP contribution >= 0.6 is 11.6 Å². The van der Waals surface area contributed by atoms with Crippen LogP contribution in [0, 0.1) is 6.92 Å². The van der Waals surface area contributed by atoms with Gasteiger partial charge in [0.2, 0.25) is 11.8 Å². The van der Waals surface area contributed by atoms with Gasteiger partial charge in [-0.1, -0.05) is 11.6 Å². The Labute approximate surface area is 133 Å². The molecule has 116 valence electrons. The lowest BCUT2D eigenvalue weighted by Crippen LogP contribution is -2.41.